The molecule has 0 fully saturated rings. The van der Waals surface area contributed by atoms with E-state index in [1.807, 2.05) is 37.3 Å². The largest absolute Gasteiger partial charge is 0.484 e. The molecule has 0 aromatic heterocycles. The minimum atomic E-state index is -0.906. The van der Waals surface area contributed by atoms with Gasteiger partial charge in [0.15, 0.2) is 6.61 Å². The second-order valence-electron chi connectivity index (χ2n) is 5.23. The summed E-state index contributed by atoms with van der Waals surface area (Å²) < 4.78 is 5.46. The van der Waals surface area contributed by atoms with Gasteiger partial charge in [-0.25, -0.2) is 0 Å². The molecule has 0 bridgehead atoms. The van der Waals surface area contributed by atoms with Gasteiger partial charge in [-0.05, 0) is 37.8 Å². The first kappa shape index (κ1) is 14.6. The quantitative estimate of drug-likeness (QED) is 0.808. The predicted octanol–water partition coefficient (Wildman–Crippen LogP) is 1.96. The summed E-state index contributed by atoms with van der Waals surface area (Å²) in [6.45, 7) is 2.13. The van der Waals surface area contributed by atoms with Crippen LogP contribution < -0.4 is 10.1 Å². The van der Waals surface area contributed by atoms with Crippen molar-refractivity contribution in [1.29, 1.82) is 0 Å². The molecule has 2 rings (SSSR count). The van der Waals surface area contributed by atoms with Crippen LogP contribution in [0.3, 0.4) is 0 Å². The predicted molar refractivity (Wildman–Crippen MR) is 77.6 cm³/mol. The van der Waals surface area contributed by atoms with E-state index >= 15 is 0 Å². The molecule has 0 radical (unpaired) electrons. The average molecular weight is 275 g/mol. The molecule has 1 amide bonds. The van der Waals surface area contributed by atoms with Gasteiger partial charge >= 0.3 is 0 Å². The molecule has 1 aliphatic carbocycles. The Kier molecular flexibility index (Phi) is 4.79. The molecule has 4 heteroatoms. The summed E-state index contributed by atoms with van der Waals surface area (Å²) in [6, 6.07) is 7.56. The fourth-order valence-corrected chi connectivity index (χ4v) is 2.22. The van der Waals surface area contributed by atoms with Crippen molar-refractivity contribution in [3.05, 3.63) is 42.0 Å². The third-order valence-electron chi connectivity index (χ3n) is 3.45. The minimum Gasteiger partial charge on any atom is -0.484 e. The van der Waals surface area contributed by atoms with Gasteiger partial charge in [0.1, 0.15) is 5.75 Å². The number of carbonyl (C=O) groups is 1. The van der Waals surface area contributed by atoms with Crippen LogP contribution >= 0.6 is 0 Å². The molecule has 1 aromatic rings. The van der Waals surface area contributed by atoms with Gasteiger partial charge in [-0.2, -0.15) is 0 Å². The van der Waals surface area contributed by atoms with Crippen molar-refractivity contribution in [3.8, 4) is 5.75 Å². The van der Waals surface area contributed by atoms with Gasteiger partial charge in [0, 0.05) is 0 Å². The van der Waals surface area contributed by atoms with Crippen LogP contribution in [0.4, 0.5) is 0 Å². The Bertz CT molecular complexity index is 498. The molecule has 108 valence electrons. The highest BCUT2D eigenvalue weighted by atomic mass is 16.5. The SMILES string of the molecule is Cc1ccccc1OCC(=O)NCC1(O)C=CCCC1. The Hall–Kier alpha value is -1.81. The summed E-state index contributed by atoms with van der Waals surface area (Å²) in [6.07, 6.45) is 6.36. The summed E-state index contributed by atoms with van der Waals surface area (Å²) in [7, 11) is 0. The van der Waals surface area contributed by atoms with Gasteiger partial charge < -0.3 is 15.2 Å². The molecule has 1 unspecified atom stereocenters. The number of aliphatic hydroxyl groups is 1. The number of carbonyl (C=O) groups excluding carboxylic acids is 1. The number of amides is 1. The van der Waals surface area contributed by atoms with Gasteiger partial charge in [0.2, 0.25) is 0 Å². The molecule has 4 nitrogen and oxygen atoms in total. The summed E-state index contributed by atoms with van der Waals surface area (Å²) in [4.78, 5) is 11.7. The Balaban J connectivity index is 1.77. The van der Waals surface area contributed by atoms with Crippen molar-refractivity contribution in [2.45, 2.75) is 31.8 Å². The van der Waals surface area contributed by atoms with E-state index in [-0.39, 0.29) is 19.1 Å². The summed E-state index contributed by atoms with van der Waals surface area (Å²) in [5.74, 6) is 0.486. The van der Waals surface area contributed by atoms with Gasteiger partial charge in [-0.15, -0.1) is 0 Å². The number of benzene rings is 1. The monoisotopic (exact) mass is 275 g/mol. The average Bonchev–Trinajstić information content (AvgIpc) is 2.45. The van der Waals surface area contributed by atoms with Crippen molar-refractivity contribution < 1.29 is 14.6 Å². The van der Waals surface area contributed by atoms with Crippen LogP contribution in [0.25, 0.3) is 0 Å². The molecule has 0 heterocycles. The summed E-state index contributed by atoms with van der Waals surface area (Å²) in [5, 5.41) is 12.9. The Labute approximate surface area is 119 Å². The van der Waals surface area contributed by atoms with Crippen molar-refractivity contribution in [2.24, 2.45) is 0 Å². The van der Waals surface area contributed by atoms with Gasteiger partial charge in [-0.3, -0.25) is 4.79 Å². The Morgan fingerprint density at radius 1 is 1.45 bits per heavy atom. The number of nitrogens with one attached hydrogen (secondary N) is 1. The first-order valence-electron chi connectivity index (χ1n) is 6.94. The Morgan fingerprint density at radius 3 is 2.95 bits per heavy atom. The summed E-state index contributed by atoms with van der Waals surface area (Å²) in [5.41, 5.74) is 0.0884. The highest BCUT2D eigenvalue weighted by molar-refractivity contribution is 5.77. The smallest absolute Gasteiger partial charge is 0.258 e. The van der Waals surface area contributed by atoms with E-state index in [0.29, 0.717) is 12.2 Å². The van der Waals surface area contributed by atoms with Crippen molar-refractivity contribution in [1.82, 2.24) is 5.32 Å². The van der Waals surface area contributed by atoms with E-state index in [1.54, 1.807) is 6.08 Å². The number of rotatable bonds is 5. The lowest BCUT2D eigenvalue weighted by molar-refractivity contribution is -0.124. The highest BCUT2D eigenvalue weighted by Gasteiger charge is 2.25. The van der Waals surface area contributed by atoms with Crippen LogP contribution in [0.1, 0.15) is 24.8 Å². The maximum absolute atomic E-state index is 11.7. The lowest BCUT2D eigenvalue weighted by Gasteiger charge is -2.27. The normalized spacial score (nSPS) is 21.5. The van der Waals surface area contributed by atoms with E-state index in [1.165, 1.54) is 0 Å². The second kappa shape index (κ2) is 6.57. The molecule has 0 saturated carbocycles. The van der Waals surface area contributed by atoms with Crippen LogP contribution in [0.15, 0.2) is 36.4 Å². The van der Waals surface area contributed by atoms with Crippen molar-refractivity contribution in [3.63, 3.8) is 0 Å². The zero-order chi connectivity index (χ0) is 14.4. The first-order valence-corrected chi connectivity index (χ1v) is 6.94. The minimum absolute atomic E-state index is 0.0371. The third kappa shape index (κ3) is 4.10. The molecule has 2 N–H and O–H groups in total. The fraction of sp³-hybridized carbons (Fsp3) is 0.438. The molecule has 1 atom stereocenters. The van der Waals surface area contributed by atoms with E-state index in [2.05, 4.69) is 5.32 Å². The maximum atomic E-state index is 11.7. The van der Waals surface area contributed by atoms with Crippen LogP contribution in [0.2, 0.25) is 0 Å². The molecule has 1 aliphatic rings. The lowest BCUT2D eigenvalue weighted by atomic mass is 9.91. The zero-order valence-corrected chi connectivity index (χ0v) is 11.8. The maximum Gasteiger partial charge on any atom is 0.258 e. The van der Waals surface area contributed by atoms with E-state index in [0.717, 1.165) is 18.4 Å². The molecule has 20 heavy (non-hydrogen) atoms. The van der Waals surface area contributed by atoms with E-state index in [9.17, 15) is 9.90 Å². The molecular formula is C16H21NO3. The highest BCUT2D eigenvalue weighted by Crippen LogP contribution is 2.21. The van der Waals surface area contributed by atoms with Crippen molar-refractivity contribution >= 4 is 5.91 Å². The van der Waals surface area contributed by atoms with Crippen LogP contribution in [0, 0.1) is 6.92 Å². The van der Waals surface area contributed by atoms with Crippen LogP contribution in [-0.2, 0) is 4.79 Å². The van der Waals surface area contributed by atoms with E-state index in [4.69, 9.17) is 4.74 Å². The number of hydrogen-bond donors (Lipinski definition) is 2. The van der Waals surface area contributed by atoms with Crippen molar-refractivity contribution in [2.75, 3.05) is 13.2 Å². The number of para-hydroxylation sites is 1. The van der Waals surface area contributed by atoms with Crippen LogP contribution in [-0.4, -0.2) is 29.8 Å². The second-order valence-corrected chi connectivity index (χ2v) is 5.23. The van der Waals surface area contributed by atoms with E-state index < -0.39 is 5.60 Å². The van der Waals surface area contributed by atoms with Gasteiger partial charge in [0.25, 0.3) is 5.91 Å². The standard InChI is InChI=1S/C16H21NO3/c1-13-7-3-4-8-14(13)20-11-15(18)17-12-16(19)9-5-2-6-10-16/h3-5,7-9,19H,2,6,10-12H2,1H3,(H,17,18). The summed E-state index contributed by atoms with van der Waals surface area (Å²) >= 11 is 0. The lowest BCUT2D eigenvalue weighted by Crippen LogP contribution is -2.43. The Morgan fingerprint density at radius 2 is 2.25 bits per heavy atom. The zero-order valence-electron chi connectivity index (χ0n) is 11.8. The number of ether oxygens (including phenoxy) is 1. The number of aryl methyl sites for hydroxylation is 1. The topological polar surface area (TPSA) is 58.6 Å². The molecule has 0 saturated heterocycles. The van der Waals surface area contributed by atoms with Crippen LogP contribution in [0.5, 0.6) is 5.75 Å². The molecule has 1 aromatic carbocycles. The molecule has 0 spiro atoms. The fourth-order valence-electron chi connectivity index (χ4n) is 2.22. The first-order chi connectivity index (χ1) is 9.59. The molecular weight excluding hydrogens is 254 g/mol. The van der Waals surface area contributed by atoms with Gasteiger partial charge in [0.05, 0.1) is 12.1 Å². The van der Waals surface area contributed by atoms with Gasteiger partial charge in [-0.1, -0.05) is 30.4 Å². The third-order valence-corrected chi connectivity index (χ3v) is 3.45. The number of allylic oxidation sites excluding steroid dienone is 1. The number of hydrogen-bond acceptors (Lipinski definition) is 3. The molecule has 0 aliphatic heterocycles.